The van der Waals surface area contributed by atoms with Crippen molar-refractivity contribution in [2.45, 2.75) is 25.7 Å². The first-order chi connectivity index (χ1) is 5.77. The molecule has 0 amide bonds. The first kappa shape index (κ1) is 12.3. The summed E-state index contributed by atoms with van der Waals surface area (Å²) in [7, 11) is 0. The van der Waals surface area contributed by atoms with Crippen molar-refractivity contribution >= 4 is 29.0 Å². The Morgan fingerprint density at radius 2 is 2.08 bits per heavy atom. The summed E-state index contributed by atoms with van der Waals surface area (Å²) in [5, 5.41) is 0. The molecule has 4 heteroatoms. The van der Waals surface area contributed by atoms with Crippen molar-refractivity contribution in [1.29, 1.82) is 0 Å². The number of aromatic amines is 1. The first-order valence-corrected chi connectivity index (χ1v) is 5.01. The van der Waals surface area contributed by atoms with Crippen LogP contribution in [0.3, 0.4) is 0 Å². The molecule has 0 unspecified atom stereocenters. The Kier molecular flexibility index (Phi) is 5.06. The van der Waals surface area contributed by atoms with Gasteiger partial charge in [0.2, 0.25) is 0 Å². The van der Waals surface area contributed by atoms with Gasteiger partial charge in [0.1, 0.15) is 0 Å². The molecule has 1 aliphatic carbocycles. The van der Waals surface area contributed by atoms with Gasteiger partial charge in [-0.25, -0.2) is 0 Å². The Morgan fingerprint density at radius 3 is 2.69 bits per heavy atom. The van der Waals surface area contributed by atoms with E-state index < -0.39 is 0 Å². The average molecular weight is 235 g/mol. The third kappa shape index (κ3) is 2.84. The summed E-state index contributed by atoms with van der Waals surface area (Å²) in [4.78, 5) is 3.29. The number of rotatable bonds is 1. The maximum absolute atomic E-state index is 4.93. The number of fused-ring (bicyclic) bond motifs is 1. The number of thiocarbonyl (C=S) groups is 1. The standard InChI is InChI=1S/C9H11NS2.K/c11-9(12)8-5-6-3-1-2-4-7(6)10-8;/h5,10H,1-4H2,(H,11,12);/q;+1/p-1. The normalized spacial score (nSPS) is 14.5. The van der Waals surface area contributed by atoms with Crippen LogP contribution in [0.5, 0.6) is 0 Å². The molecule has 0 bridgehead atoms. The van der Waals surface area contributed by atoms with Gasteiger partial charge in [-0.1, -0.05) is 0 Å². The first-order valence-electron chi connectivity index (χ1n) is 4.19. The van der Waals surface area contributed by atoms with Crippen molar-refractivity contribution in [2.75, 3.05) is 0 Å². The Morgan fingerprint density at radius 1 is 1.38 bits per heavy atom. The largest absolute Gasteiger partial charge is 1.00 e. The molecule has 0 aliphatic heterocycles. The fraction of sp³-hybridized carbons (Fsp3) is 0.444. The van der Waals surface area contributed by atoms with Gasteiger partial charge >= 0.3 is 51.4 Å². The third-order valence-corrected chi connectivity index (χ3v) is 2.77. The smallest absolute Gasteiger partial charge is 0.427 e. The minimum atomic E-state index is 0. The van der Waals surface area contributed by atoms with Gasteiger partial charge in [-0.15, -0.1) is 4.20 Å². The van der Waals surface area contributed by atoms with Gasteiger partial charge in [-0.3, -0.25) is 0 Å². The Balaban J connectivity index is 0.000000845. The van der Waals surface area contributed by atoms with E-state index >= 15 is 0 Å². The Hall–Kier alpha value is 1.23. The average Bonchev–Trinajstić information content (AvgIpc) is 2.46. The van der Waals surface area contributed by atoms with Crippen molar-refractivity contribution in [3.63, 3.8) is 0 Å². The van der Waals surface area contributed by atoms with Crippen molar-refractivity contribution in [3.05, 3.63) is 23.0 Å². The Bertz CT molecular complexity index is 296. The number of hydrogen-bond donors (Lipinski definition) is 1. The third-order valence-electron chi connectivity index (χ3n) is 2.33. The molecule has 0 atom stereocenters. The van der Waals surface area contributed by atoms with Crippen LogP contribution < -0.4 is 51.4 Å². The predicted octanol–water partition coefficient (Wildman–Crippen LogP) is -0.880. The van der Waals surface area contributed by atoms with Crippen LogP contribution in [0.4, 0.5) is 0 Å². The van der Waals surface area contributed by atoms with Crippen molar-refractivity contribution in [2.24, 2.45) is 0 Å². The summed E-state index contributed by atoms with van der Waals surface area (Å²) in [6.07, 6.45) is 4.93. The molecule has 0 spiro atoms. The van der Waals surface area contributed by atoms with Crippen LogP contribution in [0.2, 0.25) is 0 Å². The van der Waals surface area contributed by atoms with Crippen LogP contribution >= 0.6 is 12.2 Å². The molecule has 1 nitrogen and oxygen atoms in total. The second-order valence-electron chi connectivity index (χ2n) is 3.18. The number of hydrogen-bond acceptors (Lipinski definition) is 2. The van der Waals surface area contributed by atoms with Crippen LogP contribution in [-0.2, 0) is 25.5 Å². The molecule has 0 saturated heterocycles. The van der Waals surface area contributed by atoms with E-state index in [1.807, 2.05) is 0 Å². The predicted molar refractivity (Wildman–Crippen MR) is 56.5 cm³/mol. The Labute approximate surface area is 132 Å². The maximum atomic E-state index is 4.93. The summed E-state index contributed by atoms with van der Waals surface area (Å²) in [5.41, 5.74) is 3.74. The zero-order chi connectivity index (χ0) is 8.55. The summed E-state index contributed by atoms with van der Waals surface area (Å²) in [6.45, 7) is 0. The van der Waals surface area contributed by atoms with E-state index in [1.54, 1.807) is 0 Å². The van der Waals surface area contributed by atoms with Gasteiger partial charge in [0.15, 0.2) is 0 Å². The molecule has 64 valence electrons. The molecule has 0 radical (unpaired) electrons. The van der Waals surface area contributed by atoms with Crippen molar-refractivity contribution in [3.8, 4) is 0 Å². The van der Waals surface area contributed by atoms with Crippen LogP contribution in [0.1, 0.15) is 29.8 Å². The molecule has 1 aromatic rings. The summed E-state index contributed by atoms with van der Waals surface area (Å²) < 4.78 is 0.560. The van der Waals surface area contributed by atoms with E-state index in [0.717, 1.165) is 12.1 Å². The van der Waals surface area contributed by atoms with Gasteiger partial charge < -0.3 is 29.8 Å². The van der Waals surface area contributed by atoms with Crippen LogP contribution in [-0.4, -0.2) is 9.18 Å². The number of H-pyrrole nitrogens is 1. The quantitative estimate of drug-likeness (QED) is 0.386. The van der Waals surface area contributed by atoms with E-state index in [2.05, 4.69) is 11.1 Å². The fourth-order valence-corrected chi connectivity index (χ4v) is 1.93. The van der Waals surface area contributed by atoms with Gasteiger partial charge in [-0.2, -0.15) is 0 Å². The maximum Gasteiger partial charge on any atom is 1.00 e. The van der Waals surface area contributed by atoms with Gasteiger partial charge in [-0.05, 0) is 37.3 Å². The van der Waals surface area contributed by atoms with Crippen LogP contribution in [0.25, 0.3) is 0 Å². The van der Waals surface area contributed by atoms with E-state index in [9.17, 15) is 0 Å². The summed E-state index contributed by atoms with van der Waals surface area (Å²) in [5.74, 6) is 0. The van der Waals surface area contributed by atoms with Crippen LogP contribution in [0, 0.1) is 0 Å². The van der Waals surface area contributed by atoms with E-state index in [-0.39, 0.29) is 51.4 Å². The van der Waals surface area contributed by atoms with Crippen molar-refractivity contribution in [1.82, 2.24) is 4.98 Å². The van der Waals surface area contributed by atoms with Gasteiger partial charge in [0.25, 0.3) is 0 Å². The fourth-order valence-electron chi connectivity index (χ4n) is 1.71. The van der Waals surface area contributed by atoms with Gasteiger partial charge in [0, 0.05) is 11.4 Å². The second kappa shape index (κ2) is 5.35. The minimum Gasteiger partial charge on any atom is -0.427 e. The monoisotopic (exact) mass is 235 g/mol. The number of aromatic nitrogens is 1. The molecule has 1 N–H and O–H groups in total. The van der Waals surface area contributed by atoms with Gasteiger partial charge in [0.05, 0.1) is 0 Å². The molecule has 2 rings (SSSR count). The SMILES string of the molecule is S=C([S-])c1cc2c([nH]1)CCCC2.[K+]. The van der Waals surface area contributed by atoms with Crippen LogP contribution in [0.15, 0.2) is 6.07 Å². The molecule has 0 fully saturated rings. The molecule has 1 heterocycles. The zero-order valence-electron chi connectivity index (χ0n) is 7.72. The molecule has 1 aliphatic rings. The minimum absolute atomic E-state index is 0. The van der Waals surface area contributed by atoms with Crippen molar-refractivity contribution < 1.29 is 51.4 Å². The molecule has 0 saturated carbocycles. The molecular weight excluding hydrogens is 225 g/mol. The summed E-state index contributed by atoms with van der Waals surface area (Å²) >= 11 is 9.87. The van der Waals surface area contributed by atoms with E-state index in [4.69, 9.17) is 24.8 Å². The zero-order valence-corrected chi connectivity index (χ0v) is 12.5. The summed E-state index contributed by atoms with van der Waals surface area (Å²) in [6, 6.07) is 2.11. The topological polar surface area (TPSA) is 15.8 Å². The molecule has 1 aromatic heterocycles. The molecule has 13 heavy (non-hydrogen) atoms. The molecular formula is C9H10KNS2. The van der Waals surface area contributed by atoms with E-state index in [0.29, 0.717) is 4.20 Å². The van der Waals surface area contributed by atoms with E-state index in [1.165, 1.54) is 30.5 Å². The second-order valence-corrected chi connectivity index (χ2v) is 4.26. The molecule has 0 aromatic carbocycles. The number of nitrogens with one attached hydrogen (secondary N) is 1. The number of aryl methyl sites for hydroxylation is 2.